The highest BCUT2D eigenvalue weighted by molar-refractivity contribution is 9.10. The zero-order valence-corrected chi connectivity index (χ0v) is 17.1. The molecule has 138 valence electrons. The Labute approximate surface area is 169 Å². The van der Waals surface area contributed by atoms with E-state index in [9.17, 15) is 9.59 Å². The number of hydrogen-bond acceptors (Lipinski definition) is 3. The molecule has 8 heteroatoms. The van der Waals surface area contributed by atoms with Crippen molar-refractivity contribution in [2.24, 2.45) is 7.05 Å². The van der Waals surface area contributed by atoms with Crippen LogP contribution >= 0.6 is 28.1 Å². The minimum absolute atomic E-state index is 0.0572. The molecule has 3 aromatic rings. The highest BCUT2D eigenvalue weighted by Crippen LogP contribution is 2.16. The lowest BCUT2D eigenvalue weighted by Crippen LogP contribution is -2.35. The third kappa shape index (κ3) is 3.86. The number of benzene rings is 2. The number of nitrogens with one attached hydrogen (secondary N) is 2. The minimum Gasteiger partial charge on any atom is -0.326 e. The van der Waals surface area contributed by atoms with Gasteiger partial charge in [-0.25, -0.2) is 4.68 Å². The number of anilines is 1. The molecule has 1 aromatic heterocycles. The van der Waals surface area contributed by atoms with Gasteiger partial charge in [0.05, 0.1) is 16.9 Å². The topological polar surface area (TPSA) is 68.1 Å². The maximum absolute atomic E-state index is 12.9. The average molecular weight is 445 g/mol. The van der Waals surface area contributed by atoms with E-state index < -0.39 is 0 Å². The van der Waals surface area contributed by atoms with Crippen LogP contribution in [-0.2, 0) is 7.05 Å². The van der Waals surface area contributed by atoms with Gasteiger partial charge in [0.25, 0.3) is 11.5 Å². The van der Waals surface area contributed by atoms with E-state index in [4.69, 9.17) is 12.2 Å². The second-order valence-corrected chi connectivity index (χ2v) is 7.09. The molecule has 0 spiro atoms. The van der Waals surface area contributed by atoms with Gasteiger partial charge in [-0.3, -0.25) is 19.6 Å². The summed E-state index contributed by atoms with van der Waals surface area (Å²) >= 11 is 8.56. The van der Waals surface area contributed by atoms with Crippen LogP contribution in [0.25, 0.3) is 5.69 Å². The molecule has 0 atom stereocenters. The molecule has 0 fully saturated rings. The van der Waals surface area contributed by atoms with Crippen LogP contribution in [0.2, 0.25) is 0 Å². The molecule has 1 heterocycles. The predicted molar refractivity (Wildman–Crippen MR) is 114 cm³/mol. The quantitative estimate of drug-likeness (QED) is 0.607. The summed E-state index contributed by atoms with van der Waals surface area (Å²) in [7, 11) is 1.79. The molecular formula is C19H17BrN4O2S. The number of para-hydroxylation sites is 1. The molecule has 0 radical (unpaired) electrons. The second-order valence-electron chi connectivity index (χ2n) is 5.82. The number of hydrogen-bond donors (Lipinski definition) is 2. The van der Waals surface area contributed by atoms with Crippen molar-refractivity contribution in [1.29, 1.82) is 0 Å². The van der Waals surface area contributed by atoms with E-state index in [-0.39, 0.29) is 16.6 Å². The molecule has 0 aliphatic heterocycles. The van der Waals surface area contributed by atoms with Crippen molar-refractivity contribution in [2.45, 2.75) is 6.92 Å². The third-order valence-electron chi connectivity index (χ3n) is 4.14. The fraction of sp³-hybridized carbons (Fsp3) is 0.105. The molecule has 0 aliphatic carbocycles. The Morgan fingerprint density at radius 3 is 2.37 bits per heavy atom. The molecule has 2 aromatic carbocycles. The number of aromatic nitrogens is 2. The van der Waals surface area contributed by atoms with Crippen molar-refractivity contribution in [1.82, 2.24) is 14.7 Å². The number of thiocarbonyl (C=S) groups is 1. The summed E-state index contributed by atoms with van der Waals surface area (Å²) in [6.45, 7) is 1.81. The van der Waals surface area contributed by atoms with Crippen LogP contribution in [0.15, 0.2) is 63.9 Å². The summed E-state index contributed by atoms with van der Waals surface area (Å²) < 4.78 is 3.93. The SMILES string of the molecule is Cc1c(NC(=S)NC(=O)c2ccccc2Br)c(=O)n(-c2ccccc2)n1C. The summed E-state index contributed by atoms with van der Waals surface area (Å²) in [5.74, 6) is -0.364. The van der Waals surface area contributed by atoms with Gasteiger partial charge in [0.15, 0.2) is 5.11 Å². The molecule has 2 N–H and O–H groups in total. The molecular weight excluding hydrogens is 428 g/mol. The smallest absolute Gasteiger partial charge is 0.295 e. The van der Waals surface area contributed by atoms with Gasteiger partial charge in [-0.15, -0.1) is 0 Å². The lowest BCUT2D eigenvalue weighted by Gasteiger charge is -2.09. The van der Waals surface area contributed by atoms with E-state index in [0.717, 1.165) is 5.69 Å². The Bertz CT molecular complexity index is 1070. The Morgan fingerprint density at radius 2 is 1.70 bits per heavy atom. The van der Waals surface area contributed by atoms with Gasteiger partial charge in [0.1, 0.15) is 5.69 Å². The van der Waals surface area contributed by atoms with Crippen LogP contribution in [0.5, 0.6) is 0 Å². The van der Waals surface area contributed by atoms with Crippen LogP contribution in [0.3, 0.4) is 0 Å². The first-order valence-corrected chi connectivity index (χ1v) is 9.31. The number of halogens is 1. The van der Waals surface area contributed by atoms with Crippen LogP contribution in [0.4, 0.5) is 5.69 Å². The van der Waals surface area contributed by atoms with Gasteiger partial charge in [-0.05, 0) is 59.3 Å². The van der Waals surface area contributed by atoms with Gasteiger partial charge in [-0.2, -0.15) is 0 Å². The first-order chi connectivity index (χ1) is 12.9. The van der Waals surface area contributed by atoms with E-state index in [1.54, 1.807) is 36.9 Å². The van der Waals surface area contributed by atoms with Gasteiger partial charge in [-0.1, -0.05) is 30.3 Å². The number of amides is 1. The number of nitrogens with zero attached hydrogens (tertiary/aromatic N) is 2. The van der Waals surface area contributed by atoms with Crippen LogP contribution < -0.4 is 16.2 Å². The summed E-state index contributed by atoms with van der Waals surface area (Å²) in [6.07, 6.45) is 0. The first kappa shape index (κ1) is 19.1. The predicted octanol–water partition coefficient (Wildman–Crippen LogP) is 3.37. The van der Waals surface area contributed by atoms with Crippen LogP contribution in [-0.4, -0.2) is 20.4 Å². The molecule has 0 saturated heterocycles. The Kier molecular flexibility index (Phi) is 5.57. The molecule has 1 amide bonds. The van der Waals surface area contributed by atoms with Gasteiger partial charge in [0.2, 0.25) is 0 Å². The minimum atomic E-state index is -0.364. The van der Waals surface area contributed by atoms with Crippen molar-refractivity contribution in [3.8, 4) is 5.69 Å². The van der Waals surface area contributed by atoms with E-state index >= 15 is 0 Å². The molecule has 0 saturated carbocycles. The molecule has 6 nitrogen and oxygen atoms in total. The first-order valence-electron chi connectivity index (χ1n) is 8.11. The number of carbonyl (C=O) groups is 1. The summed E-state index contributed by atoms with van der Waals surface area (Å²) in [6, 6.07) is 16.3. The molecule has 3 rings (SSSR count). The summed E-state index contributed by atoms with van der Waals surface area (Å²) in [5, 5.41) is 5.52. The monoisotopic (exact) mass is 444 g/mol. The van der Waals surface area contributed by atoms with Crippen molar-refractivity contribution in [3.05, 3.63) is 80.7 Å². The largest absolute Gasteiger partial charge is 0.326 e. The molecule has 0 aliphatic rings. The second kappa shape index (κ2) is 7.89. The van der Waals surface area contributed by atoms with Crippen molar-refractivity contribution < 1.29 is 4.79 Å². The number of rotatable bonds is 3. The van der Waals surface area contributed by atoms with Crippen LogP contribution in [0, 0.1) is 6.92 Å². The fourth-order valence-electron chi connectivity index (χ4n) is 2.67. The van der Waals surface area contributed by atoms with E-state index in [2.05, 4.69) is 26.6 Å². The van der Waals surface area contributed by atoms with E-state index in [0.29, 0.717) is 21.4 Å². The van der Waals surface area contributed by atoms with E-state index in [1.165, 1.54) is 4.68 Å². The molecule has 0 unspecified atom stereocenters. The van der Waals surface area contributed by atoms with Crippen molar-refractivity contribution >= 4 is 44.9 Å². The maximum atomic E-state index is 12.9. The lowest BCUT2D eigenvalue weighted by molar-refractivity contribution is 0.0977. The van der Waals surface area contributed by atoms with Crippen molar-refractivity contribution in [2.75, 3.05) is 5.32 Å². The van der Waals surface area contributed by atoms with Crippen molar-refractivity contribution in [3.63, 3.8) is 0 Å². The standard InChI is InChI=1S/C19H17BrN4O2S/c1-12-16(18(26)24(23(12)2)13-8-4-3-5-9-13)21-19(27)22-17(25)14-10-6-7-11-15(14)20/h3-11H,1-2H3,(H2,21,22,25,27). The highest BCUT2D eigenvalue weighted by Gasteiger charge is 2.18. The zero-order valence-electron chi connectivity index (χ0n) is 14.7. The highest BCUT2D eigenvalue weighted by atomic mass is 79.9. The fourth-order valence-corrected chi connectivity index (χ4v) is 3.33. The maximum Gasteiger partial charge on any atom is 0.295 e. The van der Waals surface area contributed by atoms with Gasteiger partial charge < -0.3 is 5.32 Å². The van der Waals surface area contributed by atoms with E-state index in [1.807, 2.05) is 36.4 Å². The lowest BCUT2D eigenvalue weighted by atomic mass is 10.2. The zero-order chi connectivity index (χ0) is 19.6. The Hall–Kier alpha value is -2.71. The summed E-state index contributed by atoms with van der Waals surface area (Å²) in [5.41, 5.74) is 1.95. The third-order valence-corrected chi connectivity index (χ3v) is 5.03. The Balaban J connectivity index is 1.84. The van der Waals surface area contributed by atoms with Gasteiger partial charge >= 0.3 is 0 Å². The Morgan fingerprint density at radius 1 is 1.07 bits per heavy atom. The van der Waals surface area contributed by atoms with Gasteiger partial charge in [0, 0.05) is 11.5 Å². The average Bonchev–Trinajstić information content (AvgIpc) is 2.86. The molecule has 0 bridgehead atoms. The van der Waals surface area contributed by atoms with Crippen LogP contribution in [0.1, 0.15) is 16.1 Å². The summed E-state index contributed by atoms with van der Waals surface area (Å²) in [4.78, 5) is 25.2. The molecule has 27 heavy (non-hydrogen) atoms. The normalized spacial score (nSPS) is 10.5. The number of carbonyl (C=O) groups excluding carboxylic acids is 1.